The summed E-state index contributed by atoms with van der Waals surface area (Å²) in [5.74, 6) is 0.728. The summed E-state index contributed by atoms with van der Waals surface area (Å²) in [6.07, 6.45) is 2.74. The molecule has 0 amide bonds. The van der Waals surface area contributed by atoms with Gasteiger partial charge in [-0.25, -0.2) is 12.7 Å². The van der Waals surface area contributed by atoms with Crippen LogP contribution in [-0.2, 0) is 16.4 Å². The third kappa shape index (κ3) is 3.94. The maximum atomic E-state index is 12.3. The summed E-state index contributed by atoms with van der Waals surface area (Å²) in [6.45, 7) is 4.58. The van der Waals surface area contributed by atoms with Crippen LogP contribution in [-0.4, -0.2) is 33.4 Å². The summed E-state index contributed by atoms with van der Waals surface area (Å²) >= 11 is 0. The highest BCUT2D eigenvalue weighted by Gasteiger charge is 2.21. The number of sulfonamides is 1. The average Bonchev–Trinajstić information content (AvgIpc) is 2.36. The topological polar surface area (TPSA) is 46.6 Å². The summed E-state index contributed by atoms with van der Waals surface area (Å²) in [5.41, 5.74) is 0.835. The van der Waals surface area contributed by atoms with Crippen LogP contribution in [0, 0.1) is 0 Å². The van der Waals surface area contributed by atoms with Gasteiger partial charge in [0.1, 0.15) is 5.75 Å². The lowest BCUT2D eigenvalue weighted by Crippen LogP contribution is -2.23. The zero-order valence-electron chi connectivity index (χ0n) is 12.1. The Labute approximate surface area is 116 Å². The van der Waals surface area contributed by atoms with Crippen molar-refractivity contribution in [2.24, 2.45) is 0 Å². The Hall–Kier alpha value is -1.07. The predicted molar refractivity (Wildman–Crippen MR) is 77.1 cm³/mol. The normalized spacial score (nSPS) is 11.8. The Morgan fingerprint density at radius 1 is 1.21 bits per heavy atom. The second kappa shape index (κ2) is 6.91. The van der Waals surface area contributed by atoms with Gasteiger partial charge in [-0.15, -0.1) is 0 Å². The fourth-order valence-electron chi connectivity index (χ4n) is 1.82. The summed E-state index contributed by atoms with van der Waals surface area (Å²) in [4.78, 5) is 0.384. The van der Waals surface area contributed by atoms with E-state index in [0.717, 1.165) is 30.6 Å². The van der Waals surface area contributed by atoms with E-state index in [4.69, 9.17) is 4.74 Å². The molecule has 1 rings (SSSR count). The zero-order chi connectivity index (χ0) is 14.5. The molecule has 1 aromatic carbocycles. The highest BCUT2D eigenvalue weighted by atomic mass is 32.2. The van der Waals surface area contributed by atoms with Crippen LogP contribution in [0.3, 0.4) is 0 Å². The molecule has 0 unspecified atom stereocenters. The van der Waals surface area contributed by atoms with Crippen LogP contribution >= 0.6 is 0 Å². The van der Waals surface area contributed by atoms with Crippen LogP contribution in [0.15, 0.2) is 23.1 Å². The van der Waals surface area contributed by atoms with Crippen molar-refractivity contribution in [3.63, 3.8) is 0 Å². The second-order valence-corrected chi connectivity index (χ2v) is 6.71. The Balaban J connectivity index is 3.22. The van der Waals surface area contributed by atoms with Crippen molar-refractivity contribution in [1.82, 2.24) is 4.31 Å². The van der Waals surface area contributed by atoms with Crippen molar-refractivity contribution in [3.05, 3.63) is 23.8 Å². The minimum absolute atomic E-state index is 0.384. The maximum absolute atomic E-state index is 12.3. The third-order valence-electron chi connectivity index (χ3n) is 2.90. The Morgan fingerprint density at radius 3 is 2.42 bits per heavy atom. The van der Waals surface area contributed by atoms with E-state index < -0.39 is 10.0 Å². The van der Waals surface area contributed by atoms with E-state index in [-0.39, 0.29) is 0 Å². The van der Waals surface area contributed by atoms with Crippen molar-refractivity contribution in [2.75, 3.05) is 20.7 Å². The number of benzene rings is 1. The van der Waals surface area contributed by atoms with Crippen LogP contribution in [0.25, 0.3) is 0 Å². The molecule has 0 bridgehead atoms. The molecule has 0 aliphatic rings. The molecule has 0 N–H and O–H groups in total. The Morgan fingerprint density at radius 2 is 1.89 bits per heavy atom. The fraction of sp³-hybridized carbons (Fsp3) is 0.571. The average molecular weight is 285 g/mol. The largest absolute Gasteiger partial charge is 0.494 e. The highest BCUT2D eigenvalue weighted by molar-refractivity contribution is 7.89. The molecule has 0 saturated carbocycles. The van der Waals surface area contributed by atoms with Crippen molar-refractivity contribution in [1.29, 1.82) is 0 Å². The molecule has 4 nitrogen and oxygen atoms in total. The van der Waals surface area contributed by atoms with Gasteiger partial charge in [-0.3, -0.25) is 0 Å². The summed E-state index contributed by atoms with van der Waals surface area (Å²) in [7, 11) is -0.290. The monoisotopic (exact) mass is 285 g/mol. The molecule has 0 aromatic heterocycles. The lowest BCUT2D eigenvalue weighted by atomic mass is 10.1. The van der Waals surface area contributed by atoms with E-state index >= 15 is 0 Å². The molecule has 0 aliphatic heterocycles. The van der Waals surface area contributed by atoms with Crippen molar-refractivity contribution in [2.45, 2.75) is 38.0 Å². The van der Waals surface area contributed by atoms with E-state index in [1.165, 1.54) is 4.31 Å². The molecule has 0 radical (unpaired) electrons. The first-order valence-corrected chi connectivity index (χ1v) is 8.05. The molecule has 0 fully saturated rings. The minimum atomic E-state index is -3.39. The molecule has 0 saturated heterocycles. The molecule has 0 aliphatic carbocycles. The van der Waals surface area contributed by atoms with Gasteiger partial charge in [0.05, 0.1) is 11.5 Å². The van der Waals surface area contributed by atoms with Crippen molar-refractivity contribution < 1.29 is 13.2 Å². The number of ether oxygens (including phenoxy) is 1. The molecule has 0 heterocycles. The van der Waals surface area contributed by atoms with E-state index in [1.807, 2.05) is 13.0 Å². The van der Waals surface area contributed by atoms with Gasteiger partial charge in [0, 0.05) is 14.1 Å². The van der Waals surface area contributed by atoms with Crippen LogP contribution in [0.2, 0.25) is 0 Å². The Bertz CT molecular complexity index is 509. The van der Waals surface area contributed by atoms with Gasteiger partial charge >= 0.3 is 0 Å². The molecule has 0 atom stereocenters. The standard InChI is InChI=1S/C14H23NO3S/c1-5-7-8-12-11-13(18-6-2)9-10-14(12)19(16,17)15(3)4/h9-11H,5-8H2,1-4H3. The third-order valence-corrected chi connectivity index (χ3v) is 4.82. The SMILES string of the molecule is CCCCc1cc(OCC)ccc1S(=O)(=O)N(C)C. The quantitative estimate of drug-likeness (QED) is 0.774. The molecule has 19 heavy (non-hydrogen) atoms. The zero-order valence-corrected chi connectivity index (χ0v) is 13.0. The molecule has 108 valence electrons. The maximum Gasteiger partial charge on any atom is 0.242 e. The minimum Gasteiger partial charge on any atom is -0.494 e. The van der Waals surface area contributed by atoms with Crippen molar-refractivity contribution >= 4 is 10.0 Å². The molecule has 1 aromatic rings. The van der Waals surface area contributed by atoms with Gasteiger partial charge in [0.15, 0.2) is 0 Å². The molecule has 0 spiro atoms. The number of unbranched alkanes of at least 4 members (excludes halogenated alkanes) is 1. The van der Waals surface area contributed by atoms with Crippen LogP contribution < -0.4 is 4.74 Å². The summed E-state index contributed by atoms with van der Waals surface area (Å²) in [6, 6.07) is 5.20. The lowest BCUT2D eigenvalue weighted by molar-refractivity contribution is 0.339. The molecule has 5 heteroatoms. The second-order valence-electron chi connectivity index (χ2n) is 4.59. The summed E-state index contributed by atoms with van der Waals surface area (Å²) in [5, 5.41) is 0. The smallest absolute Gasteiger partial charge is 0.242 e. The summed E-state index contributed by atoms with van der Waals surface area (Å²) < 4.78 is 31.2. The number of hydrogen-bond donors (Lipinski definition) is 0. The van der Waals surface area contributed by atoms with E-state index in [9.17, 15) is 8.42 Å². The van der Waals surface area contributed by atoms with Gasteiger partial charge in [-0.2, -0.15) is 0 Å². The number of hydrogen-bond acceptors (Lipinski definition) is 3. The fourth-order valence-corrected chi connectivity index (χ4v) is 2.95. The van der Waals surface area contributed by atoms with Crippen LogP contribution in [0.5, 0.6) is 5.75 Å². The molecular formula is C14H23NO3S. The predicted octanol–water partition coefficient (Wildman–Crippen LogP) is 2.68. The number of rotatable bonds is 7. The molecular weight excluding hydrogens is 262 g/mol. The Kier molecular flexibility index (Phi) is 5.82. The van der Waals surface area contributed by atoms with Crippen molar-refractivity contribution in [3.8, 4) is 5.75 Å². The van der Waals surface area contributed by atoms with E-state index in [0.29, 0.717) is 11.5 Å². The van der Waals surface area contributed by atoms with Gasteiger partial charge in [-0.1, -0.05) is 13.3 Å². The van der Waals surface area contributed by atoms with Crippen LogP contribution in [0.4, 0.5) is 0 Å². The first-order valence-electron chi connectivity index (χ1n) is 6.61. The van der Waals surface area contributed by atoms with Gasteiger partial charge < -0.3 is 4.74 Å². The number of nitrogens with zero attached hydrogens (tertiary/aromatic N) is 1. The first kappa shape index (κ1) is 16.0. The number of aryl methyl sites for hydroxylation is 1. The van der Waals surface area contributed by atoms with Gasteiger partial charge in [-0.05, 0) is 43.5 Å². The highest BCUT2D eigenvalue weighted by Crippen LogP contribution is 2.25. The van der Waals surface area contributed by atoms with Gasteiger partial charge in [0.25, 0.3) is 0 Å². The van der Waals surface area contributed by atoms with E-state index in [1.54, 1.807) is 26.2 Å². The first-order chi connectivity index (χ1) is 8.93. The van der Waals surface area contributed by atoms with E-state index in [2.05, 4.69) is 6.92 Å². The van der Waals surface area contributed by atoms with Gasteiger partial charge in [0.2, 0.25) is 10.0 Å². The van der Waals surface area contributed by atoms with Crippen LogP contribution in [0.1, 0.15) is 32.3 Å². The lowest BCUT2D eigenvalue weighted by Gasteiger charge is -2.16.